The molecule has 21 heavy (non-hydrogen) atoms. The van der Waals surface area contributed by atoms with Gasteiger partial charge >= 0.3 is 0 Å². The van der Waals surface area contributed by atoms with Gasteiger partial charge < -0.3 is 9.15 Å². The van der Waals surface area contributed by atoms with Gasteiger partial charge in [-0.2, -0.15) is 0 Å². The van der Waals surface area contributed by atoms with Gasteiger partial charge in [-0.25, -0.2) is 0 Å². The summed E-state index contributed by atoms with van der Waals surface area (Å²) in [5.41, 5.74) is 2.24. The number of carbonyl (C=O) groups excluding carboxylic acids is 1. The lowest BCUT2D eigenvalue weighted by molar-refractivity contribution is 0.0727. The number of ether oxygens (including phenoxy) is 1. The van der Waals surface area contributed by atoms with Crippen LogP contribution < -0.4 is 0 Å². The second kappa shape index (κ2) is 6.12. The van der Waals surface area contributed by atoms with Crippen molar-refractivity contribution in [3.05, 3.63) is 70.9 Å². The van der Waals surface area contributed by atoms with Crippen molar-refractivity contribution in [1.82, 2.24) is 0 Å². The predicted molar refractivity (Wildman–Crippen MR) is 81.7 cm³/mol. The standard InChI is InChI=1S/C17H13ClO3/c18-13-7-5-12(6-8-13)9-20-11-16(19)15-10-21-17-4-2-1-3-14(15)17/h1-8,10H,9,11H2. The number of halogens is 1. The molecule has 3 nitrogen and oxygen atoms in total. The summed E-state index contributed by atoms with van der Waals surface area (Å²) in [4.78, 5) is 12.2. The molecule has 0 atom stereocenters. The van der Waals surface area contributed by atoms with Crippen molar-refractivity contribution >= 4 is 28.4 Å². The highest BCUT2D eigenvalue weighted by atomic mass is 35.5. The molecule has 4 heteroatoms. The molecule has 1 heterocycles. The molecule has 106 valence electrons. The number of hydrogen-bond donors (Lipinski definition) is 0. The highest BCUT2D eigenvalue weighted by molar-refractivity contribution is 6.30. The Morgan fingerprint density at radius 2 is 1.86 bits per heavy atom. The minimum Gasteiger partial charge on any atom is -0.464 e. The molecule has 0 spiro atoms. The van der Waals surface area contributed by atoms with Crippen LogP contribution in [0.15, 0.2) is 59.2 Å². The van der Waals surface area contributed by atoms with E-state index in [2.05, 4.69) is 0 Å². The van der Waals surface area contributed by atoms with Crippen LogP contribution in [0.25, 0.3) is 11.0 Å². The minimum absolute atomic E-state index is 0.0200. The Labute approximate surface area is 127 Å². The topological polar surface area (TPSA) is 39.4 Å². The smallest absolute Gasteiger partial charge is 0.192 e. The van der Waals surface area contributed by atoms with E-state index >= 15 is 0 Å². The fourth-order valence-electron chi connectivity index (χ4n) is 2.11. The molecular formula is C17H13ClO3. The van der Waals surface area contributed by atoms with Crippen LogP contribution in [0.4, 0.5) is 0 Å². The van der Waals surface area contributed by atoms with E-state index < -0.39 is 0 Å². The Morgan fingerprint density at radius 1 is 1.10 bits per heavy atom. The summed E-state index contributed by atoms with van der Waals surface area (Å²) in [6.07, 6.45) is 1.48. The summed E-state index contributed by atoms with van der Waals surface area (Å²) < 4.78 is 10.8. The lowest BCUT2D eigenvalue weighted by atomic mass is 10.1. The van der Waals surface area contributed by atoms with E-state index in [0.29, 0.717) is 22.8 Å². The number of furan rings is 1. The van der Waals surface area contributed by atoms with Crippen LogP contribution in [0.1, 0.15) is 15.9 Å². The van der Waals surface area contributed by atoms with E-state index in [0.717, 1.165) is 10.9 Å². The van der Waals surface area contributed by atoms with Crippen molar-refractivity contribution in [3.8, 4) is 0 Å². The first-order valence-corrected chi connectivity index (χ1v) is 6.93. The van der Waals surface area contributed by atoms with Crippen LogP contribution in [0.5, 0.6) is 0 Å². The number of benzene rings is 2. The first-order valence-electron chi connectivity index (χ1n) is 6.55. The number of rotatable bonds is 5. The van der Waals surface area contributed by atoms with Gasteiger partial charge in [-0.05, 0) is 23.8 Å². The first kappa shape index (κ1) is 13.9. The van der Waals surface area contributed by atoms with Crippen molar-refractivity contribution < 1.29 is 13.9 Å². The third kappa shape index (κ3) is 3.15. The monoisotopic (exact) mass is 300 g/mol. The Morgan fingerprint density at radius 3 is 2.67 bits per heavy atom. The van der Waals surface area contributed by atoms with Gasteiger partial charge in [0.1, 0.15) is 18.5 Å². The van der Waals surface area contributed by atoms with E-state index in [9.17, 15) is 4.79 Å². The van der Waals surface area contributed by atoms with Gasteiger partial charge in [0.25, 0.3) is 0 Å². The third-order valence-electron chi connectivity index (χ3n) is 3.20. The molecule has 0 fully saturated rings. The number of hydrogen-bond acceptors (Lipinski definition) is 3. The molecule has 0 radical (unpaired) electrons. The number of fused-ring (bicyclic) bond motifs is 1. The molecule has 0 saturated carbocycles. The maximum Gasteiger partial charge on any atom is 0.192 e. The van der Waals surface area contributed by atoms with Gasteiger partial charge in [0.2, 0.25) is 0 Å². The molecule has 0 unspecified atom stereocenters. The quantitative estimate of drug-likeness (QED) is 0.652. The normalized spacial score (nSPS) is 10.9. The zero-order chi connectivity index (χ0) is 14.7. The van der Waals surface area contributed by atoms with Crippen molar-refractivity contribution in [2.45, 2.75) is 6.61 Å². The van der Waals surface area contributed by atoms with Crippen LogP contribution in [0.3, 0.4) is 0 Å². The number of ketones is 1. The van der Waals surface area contributed by atoms with Gasteiger partial charge in [0.05, 0.1) is 12.2 Å². The van der Waals surface area contributed by atoms with Crippen molar-refractivity contribution in [2.75, 3.05) is 6.61 Å². The molecule has 0 aliphatic heterocycles. The van der Waals surface area contributed by atoms with Crippen molar-refractivity contribution in [1.29, 1.82) is 0 Å². The van der Waals surface area contributed by atoms with E-state index in [1.807, 2.05) is 36.4 Å². The zero-order valence-electron chi connectivity index (χ0n) is 11.2. The van der Waals surface area contributed by atoms with Gasteiger partial charge in [0.15, 0.2) is 5.78 Å². The molecule has 3 aromatic rings. The maximum atomic E-state index is 12.2. The summed E-state index contributed by atoms with van der Waals surface area (Å²) >= 11 is 5.81. The maximum absolute atomic E-state index is 12.2. The molecule has 1 aromatic heterocycles. The van der Waals surface area contributed by atoms with E-state index in [1.54, 1.807) is 12.1 Å². The largest absolute Gasteiger partial charge is 0.464 e. The molecule has 0 amide bonds. The summed E-state index contributed by atoms with van der Waals surface area (Å²) in [6.45, 7) is 0.394. The van der Waals surface area contributed by atoms with Gasteiger partial charge in [-0.3, -0.25) is 4.79 Å². The molecule has 0 aliphatic carbocycles. The minimum atomic E-state index is -0.0890. The van der Waals surface area contributed by atoms with Crippen LogP contribution in [-0.4, -0.2) is 12.4 Å². The summed E-state index contributed by atoms with van der Waals surface area (Å²) in [5.74, 6) is -0.0890. The van der Waals surface area contributed by atoms with Crippen LogP contribution in [-0.2, 0) is 11.3 Å². The lowest BCUT2D eigenvalue weighted by Crippen LogP contribution is -2.08. The summed E-state index contributed by atoms with van der Waals surface area (Å²) in [5, 5.41) is 1.50. The lowest BCUT2D eigenvalue weighted by Gasteiger charge is -2.03. The summed E-state index contributed by atoms with van der Waals surface area (Å²) in [7, 11) is 0. The van der Waals surface area contributed by atoms with E-state index in [4.69, 9.17) is 20.8 Å². The van der Waals surface area contributed by atoms with Crippen LogP contribution in [0.2, 0.25) is 5.02 Å². The van der Waals surface area contributed by atoms with Gasteiger partial charge in [0, 0.05) is 10.4 Å². The van der Waals surface area contributed by atoms with Gasteiger partial charge in [-0.15, -0.1) is 0 Å². The highest BCUT2D eigenvalue weighted by Gasteiger charge is 2.13. The second-order valence-electron chi connectivity index (χ2n) is 4.69. The Kier molecular flexibility index (Phi) is 4.04. The fraction of sp³-hybridized carbons (Fsp3) is 0.118. The Bertz CT molecular complexity index is 759. The van der Waals surface area contributed by atoms with Crippen molar-refractivity contribution in [3.63, 3.8) is 0 Å². The third-order valence-corrected chi connectivity index (χ3v) is 3.45. The van der Waals surface area contributed by atoms with E-state index in [1.165, 1.54) is 6.26 Å². The Balaban J connectivity index is 1.63. The fourth-order valence-corrected chi connectivity index (χ4v) is 2.24. The zero-order valence-corrected chi connectivity index (χ0v) is 12.0. The average molecular weight is 301 g/mol. The molecule has 2 aromatic carbocycles. The predicted octanol–water partition coefficient (Wildman–Crippen LogP) is 4.49. The molecule has 0 N–H and O–H groups in total. The number of carbonyl (C=O) groups is 1. The first-order chi connectivity index (χ1) is 10.2. The average Bonchev–Trinajstić information content (AvgIpc) is 2.93. The molecule has 0 aliphatic rings. The molecule has 3 rings (SSSR count). The Hall–Kier alpha value is -2.10. The molecule has 0 saturated heterocycles. The molecule has 0 bridgehead atoms. The van der Waals surface area contributed by atoms with Crippen LogP contribution in [0, 0.1) is 0 Å². The van der Waals surface area contributed by atoms with Crippen molar-refractivity contribution in [2.24, 2.45) is 0 Å². The number of Topliss-reactive ketones (excluding diaryl/α,β-unsaturated/α-hetero) is 1. The second-order valence-corrected chi connectivity index (χ2v) is 5.12. The highest BCUT2D eigenvalue weighted by Crippen LogP contribution is 2.21. The van der Waals surface area contributed by atoms with Gasteiger partial charge in [-0.1, -0.05) is 41.9 Å². The SMILES string of the molecule is O=C(COCc1ccc(Cl)cc1)c1coc2ccccc12. The van der Waals surface area contributed by atoms with Crippen LogP contribution >= 0.6 is 11.6 Å². The number of para-hydroxylation sites is 1. The van der Waals surface area contributed by atoms with E-state index in [-0.39, 0.29) is 12.4 Å². The summed E-state index contributed by atoms with van der Waals surface area (Å²) in [6, 6.07) is 14.8. The molecular weight excluding hydrogens is 288 g/mol.